The third-order valence-electron chi connectivity index (χ3n) is 6.19. The van der Waals surface area contributed by atoms with Gasteiger partial charge in [0.25, 0.3) is 0 Å². The Morgan fingerprint density at radius 1 is 1.12 bits per heavy atom. The molecule has 0 spiro atoms. The number of thiophene rings is 1. The molecule has 0 saturated heterocycles. The highest BCUT2D eigenvalue weighted by atomic mass is 32.1. The lowest BCUT2D eigenvalue weighted by molar-refractivity contribution is -0.141. The summed E-state index contributed by atoms with van der Waals surface area (Å²) in [6.07, 6.45) is 7.29. The molecule has 1 aliphatic carbocycles. The zero-order valence-electron chi connectivity index (χ0n) is 19.5. The number of nitrogens with one attached hydrogen (secondary N) is 1. The van der Waals surface area contributed by atoms with Crippen LogP contribution in [0.2, 0.25) is 0 Å². The summed E-state index contributed by atoms with van der Waals surface area (Å²) in [5, 5.41) is 5.18. The van der Waals surface area contributed by atoms with Crippen LogP contribution in [0, 0.1) is 0 Å². The van der Waals surface area contributed by atoms with Crippen LogP contribution in [0.5, 0.6) is 5.75 Å². The van der Waals surface area contributed by atoms with Gasteiger partial charge >= 0.3 is 0 Å². The van der Waals surface area contributed by atoms with Crippen molar-refractivity contribution in [1.82, 2.24) is 15.2 Å². The van der Waals surface area contributed by atoms with Crippen molar-refractivity contribution in [2.45, 2.75) is 57.2 Å². The number of pyridine rings is 1. The fraction of sp³-hybridized carbons (Fsp3) is 0.370. The molecule has 34 heavy (non-hydrogen) atoms. The Labute approximate surface area is 205 Å². The molecular formula is C27H31N3O3S. The van der Waals surface area contributed by atoms with Crippen LogP contribution in [0.4, 0.5) is 0 Å². The molecule has 7 heteroatoms. The Morgan fingerprint density at radius 2 is 1.97 bits per heavy atom. The lowest BCUT2D eigenvalue weighted by Gasteiger charge is -2.33. The van der Waals surface area contributed by atoms with Crippen molar-refractivity contribution in [1.29, 1.82) is 0 Å². The molecule has 0 bridgehead atoms. The normalized spacial score (nSPS) is 14.9. The van der Waals surface area contributed by atoms with Crippen molar-refractivity contribution in [2.24, 2.45) is 0 Å². The minimum absolute atomic E-state index is 0.111. The van der Waals surface area contributed by atoms with Crippen molar-refractivity contribution >= 4 is 23.2 Å². The van der Waals surface area contributed by atoms with Gasteiger partial charge in [-0.1, -0.05) is 43.5 Å². The van der Waals surface area contributed by atoms with Gasteiger partial charge in [-0.05, 0) is 54.1 Å². The molecule has 0 radical (unpaired) electrons. The first-order chi connectivity index (χ1) is 16.6. The average molecular weight is 478 g/mol. The molecule has 1 aliphatic rings. The molecule has 0 unspecified atom stereocenters. The Kier molecular flexibility index (Phi) is 8.31. The van der Waals surface area contributed by atoms with Crippen LogP contribution < -0.4 is 10.1 Å². The van der Waals surface area contributed by atoms with Gasteiger partial charge in [-0.2, -0.15) is 0 Å². The number of methoxy groups -OCH3 is 1. The molecule has 2 amide bonds. The van der Waals surface area contributed by atoms with E-state index in [1.165, 1.54) is 6.42 Å². The zero-order chi connectivity index (χ0) is 23.8. The number of amides is 2. The second kappa shape index (κ2) is 11.8. The van der Waals surface area contributed by atoms with E-state index in [0.29, 0.717) is 11.4 Å². The van der Waals surface area contributed by atoms with E-state index >= 15 is 0 Å². The van der Waals surface area contributed by atoms with Crippen molar-refractivity contribution in [3.63, 3.8) is 0 Å². The minimum atomic E-state index is -0.818. The first kappa shape index (κ1) is 24.0. The molecule has 2 heterocycles. The predicted molar refractivity (Wildman–Crippen MR) is 134 cm³/mol. The first-order valence-corrected chi connectivity index (χ1v) is 12.7. The second-order valence-electron chi connectivity index (χ2n) is 8.63. The molecule has 2 aromatic heterocycles. The standard InChI is InChI=1S/C27H31N3O3S/c1-33-22-12-7-9-20(17-22)19-30(25(31)18-23-13-8-16-34-23)26(24-14-5-6-15-28-24)27(32)29-21-10-3-2-4-11-21/h5-9,12-17,21,26H,2-4,10-11,18-19H2,1H3,(H,29,32)/t26-/m0/s1. The van der Waals surface area contributed by atoms with Gasteiger partial charge in [0.05, 0.1) is 19.2 Å². The molecule has 1 aromatic carbocycles. The topological polar surface area (TPSA) is 71.5 Å². The summed E-state index contributed by atoms with van der Waals surface area (Å²) in [5.74, 6) is 0.428. The maximum atomic E-state index is 13.7. The maximum Gasteiger partial charge on any atom is 0.249 e. The largest absolute Gasteiger partial charge is 0.497 e. The molecule has 4 rings (SSSR count). The third kappa shape index (κ3) is 6.23. The number of rotatable bonds is 9. The number of ether oxygens (including phenoxy) is 1. The van der Waals surface area contributed by atoms with Crippen LogP contribution in [0.1, 0.15) is 54.3 Å². The lowest BCUT2D eigenvalue weighted by atomic mass is 9.95. The van der Waals surface area contributed by atoms with E-state index in [1.807, 2.05) is 60.0 Å². The van der Waals surface area contributed by atoms with Gasteiger partial charge < -0.3 is 15.0 Å². The van der Waals surface area contributed by atoms with Crippen LogP contribution in [0.15, 0.2) is 66.2 Å². The van der Waals surface area contributed by atoms with E-state index in [0.717, 1.165) is 36.1 Å². The molecule has 1 N–H and O–H groups in total. The van der Waals surface area contributed by atoms with Gasteiger partial charge in [-0.25, -0.2) is 0 Å². The Bertz CT molecular complexity index is 1070. The molecule has 6 nitrogen and oxygen atoms in total. The summed E-state index contributed by atoms with van der Waals surface area (Å²) in [4.78, 5) is 34.5. The fourth-order valence-corrected chi connectivity index (χ4v) is 5.15. The maximum absolute atomic E-state index is 13.7. The summed E-state index contributed by atoms with van der Waals surface area (Å²) in [6.45, 7) is 0.279. The Morgan fingerprint density at radius 3 is 2.68 bits per heavy atom. The minimum Gasteiger partial charge on any atom is -0.497 e. The molecule has 0 aliphatic heterocycles. The van der Waals surface area contributed by atoms with E-state index < -0.39 is 6.04 Å². The van der Waals surface area contributed by atoms with Crippen LogP contribution in [-0.2, 0) is 22.6 Å². The number of hydrogen-bond acceptors (Lipinski definition) is 5. The highest BCUT2D eigenvalue weighted by Crippen LogP contribution is 2.27. The lowest BCUT2D eigenvalue weighted by Crippen LogP contribution is -2.47. The number of hydrogen-bond donors (Lipinski definition) is 1. The van der Waals surface area contributed by atoms with Crippen molar-refractivity contribution < 1.29 is 14.3 Å². The first-order valence-electron chi connectivity index (χ1n) is 11.8. The highest BCUT2D eigenvalue weighted by Gasteiger charge is 2.34. The fourth-order valence-electron chi connectivity index (χ4n) is 4.46. The molecule has 178 valence electrons. The van der Waals surface area contributed by atoms with E-state index in [-0.39, 0.29) is 30.8 Å². The van der Waals surface area contributed by atoms with Crippen LogP contribution in [0.25, 0.3) is 0 Å². The Hall–Kier alpha value is -3.19. The third-order valence-corrected chi connectivity index (χ3v) is 7.07. The van der Waals surface area contributed by atoms with Crippen LogP contribution in [-0.4, -0.2) is 34.8 Å². The summed E-state index contributed by atoms with van der Waals surface area (Å²) >= 11 is 1.54. The van der Waals surface area contributed by atoms with E-state index in [1.54, 1.807) is 29.5 Å². The average Bonchev–Trinajstić information content (AvgIpc) is 3.38. The number of benzene rings is 1. The molecule has 1 fully saturated rings. The number of nitrogens with zero attached hydrogens (tertiary/aromatic N) is 2. The Balaban J connectivity index is 1.67. The van der Waals surface area contributed by atoms with Crippen LogP contribution >= 0.6 is 11.3 Å². The SMILES string of the molecule is COc1cccc(CN(C(=O)Cc2cccs2)[C@H](C(=O)NC2CCCCC2)c2ccccn2)c1. The van der Waals surface area contributed by atoms with Crippen molar-refractivity contribution in [2.75, 3.05) is 7.11 Å². The second-order valence-corrected chi connectivity index (χ2v) is 9.66. The molecule has 3 aromatic rings. The van der Waals surface area contributed by atoms with Gasteiger partial charge in [-0.3, -0.25) is 14.6 Å². The van der Waals surface area contributed by atoms with Gasteiger partial charge in [0.15, 0.2) is 6.04 Å². The zero-order valence-corrected chi connectivity index (χ0v) is 20.3. The van der Waals surface area contributed by atoms with Gasteiger partial charge in [0.2, 0.25) is 11.8 Å². The number of carbonyl (C=O) groups excluding carboxylic acids is 2. The summed E-state index contributed by atoms with van der Waals surface area (Å²) < 4.78 is 5.38. The highest BCUT2D eigenvalue weighted by molar-refractivity contribution is 7.10. The van der Waals surface area contributed by atoms with Gasteiger partial charge in [0.1, 0.15) is 5.75 Å². The number of aromatic nitrogens is 1. The van der Waals surface area contributed by atoms with E-state index in [9.17, 15) is 9.59 Å². The molecular weight excluding hydrogens is 446 g/mol. The van der Waals surface area contributed by atoms with Crippen molar-refractivity contribution in [3.05, 3.63) is 82.3 Å². The molecule has 1 atom stereocenters. The smallest absolute Gasteiger partial charge is 0.249 e. The van der Waals surface area contributed by atoms with Crippen molar-refractivity contribution in [3.8, 4) is 5.75 Å². The van der Waals surface area contributed by atoms with E-state index in [2.05, 4.69) is 10.3 Å². The quantitative estimate of drug-likeness (QED) is 0.475. The van der Waals surface area contributed by atoms with Gasteiger partial charge in [-0.15, -0.1) is 11.3 Å². The summed E-state index contributed by atoms with van der Waals surface area (Å²) in [7, 11) is 1.62. The van der Waals surface area contributed by atoms with Gasteiger partial charge in [0, 0.05) is 23.7 Å². The predicted octanol–water partition coefficient (Wildman–Crippen LogP) is 4.91. The molecule has 1 saturated carbocycles. The monoisotopic (exact) mass is 477 g/mol. The summed E-state index contributed by atoms with van der Waals surface area (Å²) in [6, 6.07) is 16.3. The number of carbonyl (C=O) groups is 2. The summed E-state index contributed by atoms with van der Waals surface area (Å²) in [5.41, 5.74) is 1.46. The van der Waals surface area contributed by atoms with Crippen LogP contribution in [0.3, 0.4) is 0 Å². The van der Waals surface area contributed by atoms with E-state index in [4.69, 9.17) is 4.74 Å².